The van der Waals surface area contributed by atoms with Gasteiger partial charge in [-0.3, -0.25) is 4.79 Å². The van der Waals surface area contributed by atoms with Gasteiger partial charge in [0.15, 0.2) is 5.78 Å². The number of nitrogens with two attached hydrogens (primary N) is 1. The van der Waals surface area contributed by atoms with Gasteiger partial charge in [-0.2, -0.15) is 0 Å². The third-order valence-corrected chi connectivity index (χ3v) is 3.70. The molecule has 0 saturated carbocycles. The van der Waals surface area contributed by atoms with Gasteiger partial charge < -0.3 is 10.5 Å². The molecule has 102 valence electrons. The Morgan fingerprint density at radius 3 is 2.65 bits per heavy atom. The van der Waals surface area contributed by atoms with E-state index in [-0.39, 0.29) is 5.78 Å². The van der Waals surface area contributed by atoms with Crippen LogP contribution in [0.4, 0.5) is 5.69 Å². The Labute approximate surface area is 126 Å². The number of carbonyl (C=O) groups excluding carboxylic acids is 1. The van der Waals surface area contributed by atoms with E-state index < -0.39 is 0 Å². The van der Waals surface area contributed by atoms with Crippen LogP contribution in [0.2, 0.25) is 10.0 Å². The van der Waals surface area contributed by atoms with Crippen LogP contribution >= 0.6 is 23.2 Å². The van der Waals surface area contributed by atoms with E-state index in [4.69, 9.17) is 33.7 Å². The average Bonchev–Trinajstić information content (AvgIpc) is 2.85. The molecule has 1 heterocycles. The summed E-state index contributed by atoms with van der Waals surface area (Å²) >= 11 is 11.9. The lowest BCUT2D eigenvalue weighted by atomic mass is 9.98. The number of fused-ring (bicyclic) bond motifs is 1. The van der Waals surface area contributed by atoms with Gasteiger partial charge in [-0.05, 0) is 35.9 Å². The monoisotopic (exact) mass is 307 g/mol. The number of nitrogen functional groups attached to an aromatic ring is 1. The summed E-state index contributed by atoms with van der Waals surface area (Å²) in [6.45, 7) is 0.562. The topological polar surface area (TPSA) is 52.3 Å². The first-order valence-corrected chi connectivity index (χ1v) is 6.87. The molecule has 2 N–H and O–H groups in total. The standard InChI is InChI=1S/C15H11Cl2NO2/c16-9-1-2-11(13(18)7-9)14(19)12-6-10(17)5-8-3-4-20-15(8)12/h1-2,5-7H,3-4,18H2. The second-order valence-electron chi connectivity index (χ2n) is 4.60. The number of ketones is 1. The first-order chi connectivity index (χ1) is 9.56. The number of anilines is 1. The van der Waals surface area contributed by atoms with E-state index in [1.165, 1.54) is 0 Å². The summed E-state index contributed by atoms with van der Waals surface area (Å²) in [4.78, 5) is 12.6. The maximum Gasteiger partial charge on any atom is 0.198 e. The minimum absolute atomic E-state index is 0.209. The van der Waals surface area contributed by atoms with Crippen LogP contribution < -0.4 is 10.5 Å². The summed E-state index contributed by atoms with van der Waals surface area (Å²) in [7, 11) is 0. The van der Waals surface area contributed by atoms with Gasteiger partial charge in [0.2, 0.25) is 0 Å². The third kappa shape index (κ3) is 2.23. The van der Waals surface area contributed by atoms with Crippen molar-refractivity contribution in [3.05, 3.63) is 57.1 Å². The molecule has 0 amide bonds. The fourth-order valence-corrected chi connectivity index (χ4v) is 2.74. The molecule has 0 atom stereocenters. The Morgan fingerprint density at radius 2 is 1.90 bits per heavy atom. The smallest absolute Gasteiger partial charge is 0.198 e. The number of hydrogen-bond acceptors (Lipinski definition) is 3. The van der Waals surface area contributed by atoms with E-state index in [1.807, 2.05) is 6.07 Å². The minimum Gasteiger partial charge on any atom is -0.492 e. The average molecular weight is 308 g/mol. The first-order valence-electron chi connectivity index (χ1n) is 6.11. The second-order valence-corrected chi connectivity index (χ2v) is 5.47. The summed E-state index contributed by atoms with van der Waals surface area (Å²) in [5.74, 6) is 0.397. The van der Waals surface area contributed by atoms with Gasteiger partial charge in [-0.15, -0.1) is 0 Å². The van der Waals surface area contributed by atoms with Gasteiger partial charge in [-0.25, -0.2) is 0 Å². The molecule has 3 nitrogen and oxygen atoms in total. The van der Waals surface area contributed by atoms with Crippen molar-refractivity contribution in [1.82, 2.24) is 0 Å². The predicted octanol–water partition coefficient (Wildman–Crippen LogP) is 3.74. The molecule has 0 aliphatic carbocycles. The van der Waals surface area contributed by atoms with E-state index in [0.29, 0.717) is 39.2 Å². The van der Waals surface area contributed by atoms with E-state index >= 15 is 0 Å². The van der Waals surface area contributed by atoms with Crippen LogP contribution in [0.1, 0.15) is 21.5 Å². The summed E-state index contributed by atoms with van der Waals surface area (Å²) in [5, 5.41) is 1.01. The lowest BCUT2D eigenvalue weighted by Gasteiger charge is -2.10. The summed E-state index contributed by atoms with van der Waals surface area (Å²) < 4.78 is 5.54. The summed E-state index contributed by atoms with van der Waals surface area (Å²) in [5.41, 5.74) is 8.00. The molecule has 0 spiro atoms. The van der Waals surface area contributed by atoms with Crippen molar-refractivity contribution in [2.75, 3.05) is 12.3 Å². The molecule has 0 unspecified atom stereocenters. The van der Waals surface area contributed by atoms with Gasteiger partial charge in [-0.1, -0.05) is 23.2 Å². The Balaban J connectivity index is 2.11. The van der Waals surface area contributed by atoms with E-state index in [2.05, 4.69) is 0 Å². The lowest BCUT2D eigenvalue weighted by Crippen LogP contribution is -2.07. The fraction of sp³-hybridized carbons (Fsp3) is 0.133. The number of halogens is 2. The molecule has 5 heteroatoms. The van der Waals surface area contributed by atoms with E-state index in [1.54, 1.807) is 24.3 Å². The highest BCUT2D eigenvalue weighted by molar-refractivity contribution is 6.32. The predicted molar refractivity (Wildman–Crippen MR) is 79.9 cm³/mol. The Kier molecular flexibility index (Phi) is 3.32. The third-order valence-electron chi connectivity index (χ3n) is 3.25. The van der Waals surface area contributed by atoms with Crippen LogP contribution in [0.15, 0.2) is 30.3 Å². The maximum atomic E-state index is 12.6. The normalized spacial score (nSPS) is 12.9. The summed E-state index contributed by atoms with van der Waals surface area (Å²) in [6.07, 6.45) is 0.756. The first kappa shape index (κ1) is 13.3. The zero-order chi connectivity index (χ0) is 14.3. The fourth-order valence-electron chi connectivity index (χ4n) is 2.32. The highest BCUT2D eigenvalue weighted by Gasteiger charge is 2.24. The number of benzene rings is 2. The molecule has 1 aliphatic rings. The van der Waals surface area contributed by atoms with Crippen LogP contribution in [0, 0.1) is 0 Å². The van der Waals surface area contributed by atoms with Gasteiger partial charge >= 0.3 is 0 Å². The Hall–Kier alpha value is -1.71. The number of carbonyl (C=O) groups is 1. The van der Waals surface area contributed by atoms with E-state index in [9.17, 15) is 4.79 Å². The van der Waals surface area contributed by atoms with Gasteiger partial charge in [0.05, 0.1) is 12.2 Å². The van der Waals surface area contributed by atoms with Crippen molar-refractivity contribution >= 4 is 34.7 Å². The molecule has 0 aromatic heterocycles. The quantitative estimate of drug-likeness (QED) is 0.679. The van der Waals surface area contributed by atoms with Crippen LogP contribution in [-0.4, -0.2) is 12.4 Å². The molecule has 1 aliphatic heterocycles. The van der Waals surface area contributed by atoms with Gasteiger partial charge in [0, 0.05) is 27.7 Å². The van der Waals surface area contributed by atoms with Crippen LogP contribution in [0.3, 0.4) is 0 Å². The molecule has 0 radical (unpaired) electrons. The van der Waals surface area contributed by atoms with Crippen LogP contribution in [0.5, 0.6) is 5.75 Å². The lowest BCUT2D eigenvalue weighted by molar-refractivity contribution is 0.103. The maximum absolute atomic E-state index is 12.6. The molecule has 0 fully saturated rings. The van der Waals surface area contributed by atoms with Crippen molar-refractivity contribution in [2.45, 2.75) is 6.42 Å². The minimum atomic E-state index is -0.209. The van der Waals surface area contributed by atoms with Crippen molar-refractivity contribution < 1.29 is 9.53 Å². The second kappa shape index (κ2) is 5.00. The van der Waals surface area contributed by atoms with Gasteiger partial charge in [0.25, 0.3) is 0 Å². The van der Waals surface area contributed by atoms with Crippen LogP contribution in [0.25, 0.3) is 0 Å². The zero-order valence-electron chi connectivity index (χ0n) is 10.5. The zero-order valence-corrected chi connectivity index (χ0v) is 12.0. The number of ether oxygens (including phenoxy) is 1. The highest BCUT2D eigenvalue weighted by atomic mass is 35.5. The molecule has 2 aromatic rings. The van der Waals surface area contributed by atoms with Crippen molar-refractivity contribution in [1.29, 1.82) is 0 Å². The molecule has 0 bridgehead atoms. The largest absolute Gasteiger partial charge is 0.492 e. The SMILES string of the molecule is Nc1cc(Cl)ccc1C(=O)c1cc(Cl)cc2c1OCC2. The van der Waals surface area contributed by atoms with E-state index in [0.717, 1.165) is 12.0 Å². The van der Waals surface area contributed by atoms with Crippen LogP contribution in [-0.2, 0) is 6.42 Å². The van der Waals surface area contributed by atoms with Crippen molar-refractivity contribution in [3.63, 3.8) is 0 Å². The molecule has 0 saturated heterocycles. The molecular weight excluding hydrogens is 297 g/mol. The number of rotatable bonds is 2. The molecule has 20 heavy (non-hydrogen) atoms. The van der Waals surface area contributed by atoms with Crippen molar-refractivity contribution in [2.24, 2.45) is 0 Å². The van der Waals surface area contributed by atoms with Gasteiger partial charge in [0.1, 0.15) is 5.75 Å². The highest BCUT2D eigenvalue weighted by Crippen LogP contribution is 2.35. The van der Waals surface area contributed by atoms with Crippen molar-refractivity contribution in [3.8, 4) is 5.75 Å². The molecular formula is C15H11Cl2NO2. The Bertz CT molecular complexity index is 713. The number of hydrogen-bond donors (Lipinski definition) is 1. The summed E-state index contributed by atoms with van der Waals surface area (Å²) in [6, 6.07) is 8.24. The Morgan fingerprint density at radius 1 is 1.10 bits per heavy atom. The molecule has 2 aromatic carbocycles. The molecule has 3 rings (SSSR count).